The van der Waals surface area contributed by atoms with Gasteiger partial charge >= 0.3 is 0 Å². The molecule has 0 aliphatic heterocycles. The summed E-state index contributed by atoms with van der Waals surface area (Å²) in [5.74, 6) is 1.12. The van der Waals surface area contributed by atoms with E-state index in [0.717, 1.165) is 49.3 Å². The highest BCUT2D eigenvalue weighted by Gasteiger charge is 2.28. The summed E-state index contributed by atoms with van der Waals surface area (Å²) in [7, 11) is -0.667. The van der Waals surface area contributed by atoms with Gasteiger partial charge in [0.25, 0.3) is 5.82 Å². The van der Waals surface area contributed by atoms with Crippen LogP contribution in [0.2, 0.25) is 10.0 Å². The largest absolute Gasteiger partial charge is 0.290 e. The second-order valence-electron chi connectivity index (χ2n) is 9.63. The zero-order chi connectivity index (χ0) is 30.0. The van der Waals surface area contributed by atoms with Gasteiger partial charge in [-0.3, -0.25) is 0 Å². The van der Waals surface area contributed by atoms with Gasteiger partial charge < -0.3 is 0 Å². The molecule has 0 amide bonds. The maximum Gasteiger partial charge on any atom is 0.290 e. The molecule has 0 bridgehead atoms. The summed E-state index contributed by atoms with van der Waals surface area (Å²) in [6, 6.07) is 39.9. The third kappa shape index (κ3) is 6.51. The Hall–Kier alpha value is -3.72. The van der Waals surface area contributed by atoms with Crippen molar-refractivity contribution in [1.82, 2.24) is 4.57 Å². The van der Waals surface area contributed by atoms with Crippen LogP contribution < -0.4 is 23.2 Å². The predicted octanol–water partition coefficient (Wildman–Crippen LogP) is 4.22. The molecular weight excluding hydrogens is 595 g/mol. The first-order valence-electron chi connectivity index (χ1n) is 12.8. The zero-order valence-corrected chi connectivity index (χ0v) is 24.9. The number of imidazole rings is 1. The molecule has 0 saturated carbocycles. The highest BCUT2D eigenvalue weighted by molar-refractivity contribution is 6.31. The Labute approximate surface area is 255 Å². The molecule has 0 aliphatic rings. The topological polar surface area (TPSA) is 101 Å². The fourth-order valence-corrected chi connectivity index (χ4v) is 5.47. The lowest BCUT2D eigenvalue weighted by molar-refractivity contribution is -2.00. The van der Waals surface area contributed by atoms with Crippen LogP contribution in [0.1, 0.15) is 0 Å². The maximum absolute atomic E-state index is 8.49. The quantitative estimate of drug-likeness (QED) is 0.276. The zero-order valence-electron chi connectivity index (χ0n) is 22.6. The molecule has 0 saturated heterocycles. The number of hydrogen-bond donors (Lipinski definition) is 0. The smallest absolute Gasteiger partial charge is 0.226 e. The van der Waals surface area contributed by atoms with Gasteiger partial charge in [-0.2, -0.15) is 0 Å². The molecule has 0 aliphatic carbocycles. The molecule has 0 unspecified atom stereocenters. The van der Waals surface area contributed by atoms with Gasteiger partial charge in [-0.25, -0.2) is 27.8 Å². The molecule has 0 radical (unpaired) electrons. The Morgan fingerprint density at radius 3 is 1.52 bits per heavy atom. The SMILES string of the molecule is Cn1c(-c2c(-c3ccc(Cl)cc3)cc(-c3ccccc3)cc2-c2ccc(Cl)cc2)[n+](C)c2ccccc21.[O-][Cl+3]([O-])([O-])[O-]. The van der Waals surface area contributed by atoms with Crippen molar-refractivity contribution >= 4 is 34.2 Å². The number of rotatable bonds is 4. The van der Waals surface area contributed by atoms with Gasteiger partial charge in [-0.15, -0.1) is 10.2 Å². The first-order valence-corrected chi connectivity index (χ1v) is 14.8. The van der Waals surface area contributed by atoms with Gasteiger partial charge in [-0.1, -0.05) is 89.9 Å². The molecule has 5 aromatic carbocycles. The van der Waals surface area contributed by atoms with Crippen LogP contribution in [0.15, 0.2) is 115 Å². The molecule has 0 atom stereocenters. The third-order valence-electron chi connectivity index (χ3n) is 7.02. The number of aromatic nitrogens is 2. The first kappa shape index (κ1) is 29.8. The van der Waals surface area contributed by atoms with Crippen molar-refractivity contribution < 1.29 is 33.4 Å². The highest BCUT2D eigenvalue weighted by Crippen LogP contribution is 2.43. The Bertz CT molecular complexity index is 1740. The average molecular weight is 620 g/mol. The Morgan fingerprint density at radius 2 is 1.05 bits per heavy atom. The molecule has 0 N–H and O–H groups in total. The van der Waals surface area contributed by atoms with Crippen molar-refractivity contribution in [2.24, 2.45) is 14.1 Å². The predicted molar refractivity (Wildman–Crippen MR) is 156 cm³/mol. The van der Waals surface area contributed by atoms with Gasteiger partial charge in [0.15, 0.2) is 11.0 Å². The van der Waals surface area contributed by atoms with Crippen LogP contribution in [0.3, 0.4) is 0 Å². The molecule has 1 aromatic heterocycles. The van der Waals surface area contributed by atoms with Crippen molar-refractivity contribution in [3.63, 3.8) is 0 Å². The number of benzene rings is 5. The van der Waals surface area contributed by atoms with Crippen molar-refractivity contribution in [2.45, 2.75) is 0 Å². The van der Waals surface area contributed by atoms with E-state index in [2.05, 4.69) is 108 Å². The van der Waals surface area contributed by atoms with Gasteiger partial charge in [0.1, 0.15) is 0 Å². The van der Waals surface area contributed by atoms with Gasteiger partial charge in [0.05, 0.1) is 19.7 Å². The summed E-state index contributed by atoms with van der Waals surface area (Å²) in [6.07, 6.45) is 0. The monoisotopic (exact) mass is 618 g/mol. The van der Waals surface area contributed by atoms with E-state index in [0.29, 0.717) is 0 Å². The summed E-state index contributed by atoms with van der Waals surface area (Å²) in [5, 5.41) is 1.44. The molecule has 1 heterocycles. The van der Waals surface area contributed by atoms with E-state index in [4.69, 9.17) is 41.8 Å². The fraction of sp³-hybridized carbons (Fsp3) is 0.0606. The number of aryl methyl sites for hydroxylation is 2. The standard InChI is InChI=1S/C33H25Cl2N2.ClHO4/c1-36-30-10-6-7-11-31(30)37(2)33(36)32-28(23-12-16-26(34)17-13-23)20-25(22-8-4-3-5-9-22)21-29(32)24-14-18-27(35)19-15-24;2-1(3,4)5/h3-21H,1-2H3;(H,2,3,4,5)/q+1;/p-1. The van der Waals surface area contributed by atoms with E-state index >= 15 is 0 Å². The third-order valence-corrected chi connectivity index (χ3v) is 7.52. The lowest BCUT2D eigenvalue weighted by Gasteiger charge is -2.17. The van der Waals surface area contributed by atoms with Crippen LogP contribution in [0.5, 0.6) is 0 Å². The van der Waals surface area contributed by atoms with Crippen molar-refractivity contribution in [2.75, 3.05) is 0 Å². The minimum atomic E-state index is -4.94. The molecule has 9 heteroatoms. The lowest BCUT2D eigenvalue weighted by atomic mass is 9.87. The summed E-state index contributed by atoms with van der Waals surface area (Å²) in [5.41, 5.74) is 10.3. The molecule has 6 nitrogen and oxygen atoms in total. The Balaban J connectivity index is 0.000000652. The number of halogens is 3. The Kier molecular flexibility index (Phi) is 8.68. The van der Waals surface area contributed by atoms with E-state index in [1.54, 1.807) is 0 Å². The van der Waals surface area contributed by atoms with Crippen LogP contribution in [-0.2, 0) is 14.1 Å². The van der Waals surface area contributed by atoms with E-state index in [9.17, 15) is 0 Å². The number of fused-ring (bicyclic) bond motifs is 1. The molecule has 6 aromatic rings. The minimum absolute atomic E-state index is 0.720. The van der Waals surface area contributed by atoms with E-state index in [1.807, 2.05) is 30.3 Å². The summed E-state index contributed by atoms with van der Waals surface area (Å²) >= 11 is 12.6. The number of nitrogens with zero attached hydrogens (tertiary/aromatic N) is 2. The molecule has 0 fully saturated rings. The molecule has 0 spiro atoms. The average Bonchev–Trinajstić information content (AvgIpc) is 3.22. The number of para-hydroxylation sites is 2. The van der Waals surface area contributed by atoms with Crippen LogP contribution in [0.4, 0.5) is 0 Å². The van der Waals surface area contributed by atoms with E-state index in [-0.39, 0.29) is 0 Å². The normalized spacial score (nSPS) is 11.3. The van der Waals surface area contributed by atoms with E-state index in [1.165, 1.54) is 16.6 Å². The molecule has 212 valence electrons. The fourth-order valence-electron chi connectivity index (χ4n) is 5.21. The highest BCUT2D eigenvalue weighted by atomic mass is 35.7. The van der Waals surface area contributed by atoms with Crippen LogP contribution in [0.25, 0.3) is 55.8 Å². The van der Waals surface area contributed by atoms with Crippen molar-refractivity contribution in [3.05, 3.63) is 125 Å². The van der Waals surface area contributed by atoms with Gasteiger partial charge in [0.2, 0.25) is 0 Å². The second-order valence-corrected chi connectivity index (χ2v) is 11.3. The van der Waals surface area contributed by atoms with Crippen LogP contribution >= 0.6 is 23.2 Å². The minimum Gasteiger partial charge on any atom is -0.226 e. The van der Waals surface area contributed by atoms with E-state index < -0.39 is 10.2 Å². The molecule has 6 rings (SSSR count). The van der Waals surface area contributed by atoms with Crippen LogP contribution in [0, 0.1) is 10.2 Å². The first-order chi connectivity index (χ1) is 20.0. The summed E-state index contributed by atoms with van der Waals surface area (Å²) < 4.78 is 38.5. The second kappa shape index (κ2) is 12.3. The van der Waals surface area contributed by atoms with Gasteiger partial charge in [-0.05, 0) is 81.9 Å². The number of hydrogen-bond acceptors (Lipinski definition) is 4. The molecule has 42 heavy (non-hydrogen) atoms. The maximum atomic E-state index is 8.49. The molecular formula is C33H25Cl3N2O4. The van der Waals surface area contributed by atoms with Crippen molar-refractivity contribution in [1.29, 1.82) is 0 Å². The van der Waals surface area contributed by atoms with Crippen LogP contribution in [-0.4, -0.2) is 4.57 Å². The Morgan fingerprint density at radius 1 is 0.595 bits per heavy atom. The summed E-state index contributed by atoms with van der Waals surface area (Å²) in [4.78, 5) is 0. The van der Waals surface area contributed by atoms with Gasteiger partial charge in [0, 0.05) is 10.0 Å². The summed E-state index contributed by atoms with van der Waals surface area (Å²) in [6.45, 7) is 0. The lowest BCUT2D eigenvalue weighted by Crippen LogP contribution is -2.68. The van der Waals surface area contributed by atoms with Crippen molar-refractivity contribution in [3.8, 4) is 44.8 Å².